The van der Waals surface area contributed by atoms with Crippen LogP contribution in [-0.2, 0) is 29.1 Å². The Morgan fingerprint density at radius 1 is 0.980 bits per heavy atom. The van der Waals surface area contributed by atoms with E-state index in [0.29, 0.717) is 73.8 Å². The summed E-state index contributed by atoms with van der Waals surface area (Å²) in [5, 5.41) is 9.32. The van der Waals surface area contributed by atoms with Crippen molar-refractivity contribution in [1.29, 1.82) is 0 Å². The first-order chi connectivity index (χ1) is 24.2. The third kappa shape index (κ3) is 8.88. The number of ether oxygens (including phenoxy) is 4. The quantitative estimate of drug-likeness (QED) is 0.234. The van der Waals surface area contributed by atoms with Gasteiger partial charge in [0.1, 0.15) is 23.4 Å². The number of benzene rings is 3. The number of piperidine rings is 1. The molecule has 3 aliphatic rings. The molecule has 7 rings (SSSR count). The number of hydrogen-bond acceptors (Lipinski definition) is 12. The first-order valence-corrected chi connectivity index (χ1v) is 16.5. The summed E-state index contributed by atoms with van der Waals surface area (Å²) in [5.41, 5.74) is 9.72. The fourth-order valence-corrected chi connectivity index (χ4v) is 6.08. The summed E-state index contributed by atoms with van der Waals surface area (Å²) in [5.74, 6) is 2.62. The van der Waals surface area contributed by atoms with Crippen molar-refractivity contribution in [3.8, 4) is 23.0 Å². The molecule has 3 aromatic carbocycles. The Balaban J connectivity index is 1.23. The molecule has 1 fully saturated rings. The molecule has 262 valence electrons. The van der Waals surface area contributed by atoms with Gasteiger partial charge in [-0.25, -0.2) is 0 Å². The van der Waals surface area contributed by atoms with Crippen molar-refractivity contribution in [1.82, 2.24) is 30.5 Å². The highest BCUT2D eigenvalue weighted by atomic mass is 16.5. The summed E-state index contributed by atoms with van der Waals surface area (Å²) in [6.07, 6.45) is 0.985. The molecule has 0 aliphatic carbocycles. The molecule has 3 aliphatic heterocycles. The van der Waals surface area contributed by atoms with Gasteiger partial charge in [-0.2, -0.15) is 15.0 Å². The number of amides is 2. The molecule has 14 heteroatoms. The molecule has 0 saturated carbocycles. The van der Waals surface area contributed by atoms with E-state index in [1.165, 1.54) is 7.11 Å². The van der Waals surface area contributed by atoms with Crippen LogP contribution in [0, 0.1) is 6.92 Å². The number of anilines is 3. The largest absolute Gasteiger partial charge is 0.496 e. The highest BCUT2D eigenvalue weighted by Crippen LogP contribution is 2.30. The molecule has 0 spiro atoms. The van der Waals surface area contributed by atoms with E-state index in [4.69, 9.17) is 24.7 Å². The minimum atomic E-state index is -0.413. The van der Waals surface area contributed by atoms with Gasteiger partial charge in [0.15, 0.2) is 18.1 Å². The highest BCUT2D eigenvalue weighted by molar-refractivity contribution is 5.78. The van der Waals surface area contributed by atoms with Crippen LogP contribution in [-0.4, -0.2) is 77.7 Å². The zero-order valence-electron chi connectivity index (χ0n) is 28.4. The van der Waals surface area contributed by atoms with Gasteiger partial charge in [0.2, 0.25) is 17.8 Å². The Bertz CT molecular complexity index is 1840. The second-order valence-corrected chi connectivity index (χ2v) is 12.3. The second kappa shape index (κ2) is 15.7. The van der Waals surface area contributed by atoms with Crippen molar-refractivity contribution in [2.24, 2.45) is 0 Å². The number of nitrogens with one attached hydrogen (secondary N) is 3. The van der Waals surface area contributed by atoms with Gasteiger partial charge in [-0.3, -0.25) is 14.5 Å². The van der Waals surface area contributed by atoms with E-state index in [1.807, 2.05) is 49.4 Å². The maximum atomic E-state index is 13.4. The number of nitrogens with zero attached hydrogens (tertiary/aromatic N) is 4. The van der Waals surface area contributed by atoms with Crippen molar-refractivity contribution in [2.75, 3.05) is 45.0 Å². The molecule has 4 heterocycles. The van der Waals surface area contributed by atoms with Gasteiger partial charge in [-0.15, -0.1) is 0 Å². The van der Waals surface area contributed by atoms with Crippen LogP contribution >= 0.6 is 0 Å². The average molecular weight is 683 g/mol. The molecule has 5 N–H and O–H groups in total. The molecular weight excluding hydrogens is 640 g/mol. The fraction of sp³-hybridized carbons (Fsp3) is 0.361. The third-order valence-electron chi connectivity index (χ3n) is 8.57. The fourth-order valence-electron chi connectivity index (χ4n) is 6.08. The van der Waals surface area contributed by atoms with E-state index in [2.05, 4.69) is 35.8 Å². The van der Waals surface area contributed by atoms with Crippen molar-refractivity contribution in [3.05, 3.63) is 83.2 Å². The minimum Gasteiger partial charge on any atom is -0.496 e. The minimum absolute atomic E-state index is 0.101. The number of carbonyl (C=O) groups is 2. The summed E-state index contributed by atoms with van der Waals surface area (Å²) >= 11 is 0. The summed E-state index contributed by atoms with van der Waals surface area (Å²) in [4.78, 5) is 41.5. The molecular formula is C36H42N8O6. The van der Waals surface area contributed by atoms with Crippen LogP contribution in [0.4, 0.5) is 17.6 Å². The maximum absolute atomic E-state index is 13.4. The summed E-state index contributed by atoms with van der Waals surface area (Å²) < 4.78 is 23.6. The Kier molecular flexibility index (Phi) is 10.8. The summed E-state index contributed by atoms with van der Waals surface area (Å²) in [7, 11) is 3.12. The van der Waals surface area contributed by atoms with Crippen LogP contribution in [0.25, 0.3) is 0 Å². The number of hydrogen-bond donors (Lipinski definition) is 4. The van der Waals surface area contributed by atoms with Crippen LogP contribution in [0.15, 0.2) is 60.7 Å². The van der Waals surface area contributed by atoms with Gasteiger partial charge in [0.25, 0.3) is 5.91 Å². The highest BCUT2D eigenvalue weighted by Gasteiger charge is 2.33. The Morgan fingerprint density at radius 2 is 1.84 bits per heavy atom. The van der Waals surface area contributed by atoms with Crippen molar-refractivity contribution >= 4 is 29.4 Å². The molecule has 50 heavy (non-hydrogen) atoms. The third-order valence-corrected chi connectivity index (χ3v) is 8.57. The molecule has 0 unspecified atom stereocenters. The average Bonchev–Trinajstić information content (AvgIpc) is 3.09. The predicted octanol–water partition coefficient (Wildman–Crippen LogP) is 3.30. The topological polar surface area (TPSA) is 175 Å². The number of rotatable bonds is 6. The first-order valence-electron chi connectivity index (χ1n) is 16.5. The molecule has 2 amide bonds. The Hall–Kier alpha value is -5.63. The number of likely N-dealkylation sites (tertiary alicyclic amines) is 1. The standard InChI is InChI=1S/C36H42N8O6/c1-22-5-4-6-25(15-22)39-36-42-32(41-35(37)43-36)20-44-14-13-28-27(19-44)40-34(46)21-49-31-16-23(7-11-29(31)47-2)8-12-33(45)38-18-24-9-10-26(50-28)17-30(24)48-3/h4-7,9-11,15-17,27-28H,8,12-14,18-21H2,1-3H3,(H,38,45)(H,40,46)(H3,37,39,41,42,43)/t27-,28+/m1/s1. The number of aromatic nitrogens is 3. The number of carbonyl (C=O) groups excluding carboxylic acids is 2. The zero-order chi connectivity index (χ0) is 35.0. The van der Waals surface area contributed by atoms with E-state index < -0.39 is 6.04 Å². The number of aryl methyl sites for hydroxylation is 2. The lowest BCUT2D eigenvalue weighted by atomic mass is 10.0. The van der Waals surface area contributed by atoms with Crippen molar-refractivity contribution < 1.29 is 28.5 Å². The maximum Gasteiger partial charge on any atom is 0.258 e. The molecule has 2 atom stereocenters. The van der Waals surface area contributed by atoms with Crippen molar-refractivity contribution in [2.45, 2.75) is 51.4 Å². The lowest BCUT2D eigenvalue weighted by Crippen LogP contribution is -2.57. The van der Waals surface area contributed by atoms with Crippen LogP contribution in [0.5, 0.6) is 23.0 Å². The van der Waals surface area contributed by atoms with Gasteiger partial charge in [0.05, 0.1) is 26.8 Å². The van der Waals surface area contributed by atoms with Gasteiger partial charge >= 0.3 is 0 Å². The SMILES string of the molecule is COc1cc2ccc1CNC(=O)CCc1ccc(OC)c(c1)OCC(=O)N[C@@H]1CN(Cc3nc(N)nc(Nc4cccc(C)c4)n3)CC[C@@H]1O2. The van der Waals surface area contributed by atoms with E-state index in [-0.39, 0.29) is 36.9 Å². The number of methoxy groups -OCH3 is 2. The van der Waals surface area contributed by atoms with Crippen LogP contribution < -0.4 is 40.6 Å². The summed E-state index contributed by atoms with van der Waals surface area (Å²) in [6.45, 7) is 3.54. The first kappa shape index (κ1) is 34.2. The van der Waals surface area contributed by atoms with E-state index in [9.17, 15) is 9.59 Å². The summed E-state index contributed by atoms with van der Waals surface area (Å²) in [6, 6.07) is 18.4. The van der Waals surface area contributed by atoms with E-state index in [1.54, 1.807) is 25.3 Å². The molecule has 14 nitrogen and oxygen atoms in total. The number of nitrogens with two attached hydrogens (primary N) is 1. The van der Waals surface area contributed by atoms with Crippen LogP contribution in [0.3, 0.4) is 0 Å². The monoisotopic (exact) mass is 682 g/mol. The van der Waals surface area contributed by atoms with Gasteiger partial charge in [0, 0.05) is 43.4 Å². The molecule has 1 aromatic heterocycles. The van der Waals surface area contributed by atoms with Gasteiger partial charge in [-0.1, -0.05) is 18.2 Å². The van der Waals surface area contributed by atoms with E-state index >= 15 is 0 Å². The van der Waals surface area contributed by atoms with Gasteiger partial charge < -0.3 is 40.6 Å². The molecule has 1 saturated heterocycles. The smallest absolute Gasteiger partial charge is 0.258 e. The van der Waals surface area contributed by atoms with E-state index in [0.717, 1.165) is 22.4 Å². The number of nitrogen functional groups attached to an aromatic ring is 1. The second-order valence-electron chi connectivity index (χ2n) is 12.3. The lowest BCUT2D eigenvalue weighted by Gasteiger charge is -2.38. The van der Waals surface area contributed by atoms with Crippen molar-refractivity contribution in [3.63, 3.8) is 0 Å². The van der Waals surface area contributed by atoms with Crippen LogP contribution in [0.2, 0.25) is 0 Å². The predicted molar refractivity (Wildman–Crippen MR) is 187 cm³/mol. The number of fused-ring (bicyclic) bond motifs is 9. The Morgan fingerprint density at radius 3 is 2.66 bits per heavy atom. The molecule has 4 aromatic rings. The molecule has 0 radical (unpaired) electrons. The van der Waals surface area contributed by atoms with Crippen LogP contribution in [0.1, 0.15) is 35.4 Å². The zero-order valence-corrected chi connectivity index (χ0v) is 28.4. The molecule has 4 bridgehead atoms. The normalized spacial score (nSPS) is 18.5. The lowest BCUT2D eigenvalue weighted by molar-refractivity contribution is -0.125. The Labute approximate surface area is 290 Å². The van der Waals surface area contributed by atoms with Gasteiger partial charge in [-0.05, 0) is 67.3 Å².